The van der Waals surface area contributed by atoms with Gasteiger partial charge in [-0.25, -0.2) is 4.79 Å². The number of aliphatic carboxylic acids is 1. The molecule has 2 N–H and O–H groups in total. The number of rotatable bonds is 7. The number of carbonyl (C=O) groups is 2. The van der Waals surface area contributed by atoms with E-state index in [9.17, 15) is 9.59 Å². The van der Waals surface area contributed by atoms with Crippen LogP contribution in [0.1, 0.15) is 37.7 Å². The number of anilines is 1. The van der Waals surface area contributed by atoms with Crippen LogP contribution in [0, 0.1) is 5.92 Å². The van der Waals surface area contributed by atoms with E-state index in [1.165, 1.54) is 6.26 Å². The van der Waals surface area contributed by atoms with E-state index in [0.717, 1.165) is 0 Å². The largest absolute Gasteiger partial charge is 0.481 e. The van der Waals surface area contributed by atoms with Crippen molar-refractivity contribution in [3.63, 3.8) is 0 Å². The maximum Gasteiger partial charge on any atom is 0.360 e. The highest BCUT2D eigenvalue weighted by Crippen LogP contribution is 2.15. The molecular formula is C12H18N2O5. The maximum atomic E-state index is 11.4. The van der Waals surface area contributed by atoms with E-state index in [-0.39, 0.29) is 36.7 Å². The number of hydrogen-bond acceptors (Lipinski definition) is 6. The molecule has 0 bridgehead atoms. The number of oxazole rings is 1. The summed E-state index contributed by atoms with van der Waals surface area (Å²) in [7, 11) is 0. The lowest BCUT2D eigenvalue weighted by Crippen LogP contribution is -2.28. The highest BCUT2D eigenvalue weighted by Gasteiger charge is 2.20. The summed E-state index contributed by atoms with van der Waals surface area (Å²) in [5.74, 6) is -1.41. The first-order valence-electron chi connectivity index (χ1n) is 6.05. The van der Waals surface area contributed by atoms with Gasteiger partial charge >= 0.3 is 11.9 Å². The Labute approximate surface area is 111 Å². The molecule has 1 rings (SSSR count). The van der Waals surface area contributed by atoms with Crippen LogP contribution in [0.25, 0.3) is 0 Å². The van der Waals surface area contributed by atoms with Crippen molar-refractivity contribution >= 4 is 18.0 Å². The highest BCUT2D eigenvalue weighted by molar-refractivity contribution is 5.87. The molecule has 0 amide bonds. The number of nitrogens with one attached hydrogen (secondary N) is 1. The van der Waals surface area contributed by atoms with Crippen LogP contribution in [0.15, 0.2) is 10.7 Å². The van der Waals surface area contributed by atoms with Gasteiger partial charge in [-0.15, -0.1) is 0 Å². The van der Waals surface area contributed by atoms with Gasteiger partial charge in [0.05, 0.1) is 13.0 Å². The van der Waals surface area contributed by atoms with Gasteiger partial charge < -0.3 is 19.6 Å². The van der Waals surface area contributed by atoms with Crippen LogP contribution >= 0.6 is 0 Å². The molecule has 1 unspecified atom stereocenters. The molecule has 0 radical (unpaired) electrons. The van der Waals surface area contributed by atoms with Gasteiger partial charge in [-0.1, -0.05) is 13.8 Å². The molecule has 1 heterocycles. The summed E-state index contributed by atoms with van der Waals surface area (Å²) in [5, 5.41) is 11.7. The first kappa shape index (κ1) is 15.0. The van der Waals surface area contributed by atoms with Crippen LogP contribution in [0.2, 0.25) is 0 Å². The predicted octanol–water partition coefficient (Wildman–Crippen LogP) is 1.76. The van der Waals surface area contributed by atoms with Gasteiger partial charge in [-0.3, -0.25) is 4.79 Å². The molecule has 0 saturated carbocycles. The normalized spacial score (nSPS) is 12.2. The third-order valence-electron chi connectivity index (χ3n) is 2.50. The number of carbonyl (C=O) groups excluding carboxylic acids is 1. The van der Waals surface area contributed by atoms with Gasteiger partial charge in [-0.05, 0) is 12.8 Å². The van der Waals surface area contributed by atoms with Crippen molar-refractivity contribution in [1.29, 1.82) is 0 Å². The maximum absolute atomic E-state index is 11.4. The fourth-order valence-corrected chi connectivity index (χ4v) is 1.44. The molecule has 0 fully saturated rings. The molecule has 106 valence electrons. The van der Waals surface area contributed by atoms with Crippen molar-refractivity contribution in [2.45, 2.75) is 33.2 Å². The minimum atomic E-state index is -0.914. The number of carboxylic acids is 1. The zero-order valence-corrected chi connectivity index (χ0v) is 11.2. The van der Waals surface area contributed by atoms with Crippen molar-refractivity contribution in [1.82, 2.24) is 4.98 Å². The molecule has 0 aliphatic rings. The van der Waals surface area contributed by atoms with Crippen molar-refractivity contribution in [3.05, 3.63) is 12.0 Å². The molecule has 0 saturated heterocycles. The Kier molecular flexibility index (Phi) is 5.35. The Balaban J connectivity index is 2.70. The highest BCUT2D eigenvalue weighted by atomic mass is 16.5. The lowest BCUT2D eigenvalue weighted by Gasteiger charge is -2.18. The summed E-state index contributed by atoms with van der Waals surface area (Å²) in [6.45, 7) is 5.71. The molecule has 0 aliphatic heterocycles. The van der Waals surface area contributed by atoms with Crippen molar-refractivity contribution in [2.24, 2.45) is 5.92 Å². The lowest BCUT2D eigenvalue weighted by molar-refractivity contribution is -0.137. The number of hydrogen-bond donors (Lipinski definition) is 2. The van der Waals surface area contributed by atoms with E-state index in [4.69, 9.17) is 14.3 Å². The fraction of sp³-hybridized carbons (Fsp3) is 0.583. The molecule has 7 nitrogen and oxygen atoms in total. The summed E-state index contributed by atoms with van der Waals surface area (Å²) in [4.78, 5) is 26.0. The second-order valence-corrected chi connectivity index (χ2v) is 4.35. The van der Waals surface area contributed by atoms with Crippen LogP contribution in [-0.2, 0) is 9.53 Å². The molecule has 0 aliphatic carbocycles. The van der Waals surface area contributed by atoms with Crippen molar-refractivity contribution < 1.29 is 23.8 Å². The van der Waals surface area contributed by atoms with Crippen LogP contribution in [0.5, 0.6) is 0 Å². The number of nitrogens with zero attached hydrogens (tertiary/aromatic N) is 1. The second-order valence-electron chi connectivity index (χ2n) is 4.35. The van der Waals surface area contributed by atoms with E-state index in [0.29, 0.717) is 0 Å². The second kappa shape index (κ2) is 6.77. The Hall–Kier alpha value is -2.05. The van der Waals surface area contributed by atoms with Crippen LogP contribution in [0.3, 0.4) is 0 Å². The topological polar surface area (TPSA) is 102 Å². The molecule has 1 aromatic heterocycles. The Morgan fingerprint density at radius 2 is 2.21 bits per heavy atom. The summed E-state index contributed by atoms with van der Waals surface area (Å²) >= 11 is 0. The summed E-state index contributed by atoms with van der Waals surface area (Å²) in [6, 6.07) is -0.214. The number of ether oxygens (including phenoxy) is 1. The monoisotopic (exact) mass is 270 g/mol. The first-order chi connectivity index (χ1) is 8.93. The van der Waals surface area contributed by atoms with Crippen molar-refractivity contribution in [3.8, 4) is 0 Å². The number of carboxylic acid groups (broad SMARTS) is 1. The Bertz CT molecular complexity index is 441. The van der Waals surface area contributed by atoms with E-state index in [1.54, 1.807) is 6.92 Å². The summed E-state index contributed by atoms with van der Waals surface area (Å²) in [6.07, 6.45) is 1.12. The van der Waals surface area contributed by atoms with Crippen LogP contribution in [-0.4, -0.2) is 34.7 Å². The first-order valence-corrected chi connectivity index (χ1v) is 6.05. The molecule has 0 aromatic carbocycles. The Morgan fingerprint density at radius 3 is 2.74 bits per heavy atom. The standard InChI is InChI=1S/C12H18N2O5/c1-4-18-11(17)9-6-19-12(14-9)13-8(7(2)3)5-10(15)16/h6-8H,4-5H2,1-3H3,(H,13,14)(H,15,16). The average molecular weight is 270 g/mol. The minimum absolute atomic E-state index is 0.0576. The van der Waals surface area contributed by atoms with E-state index < -0.39 is 11.9 Å². The third kappa shape index (κ3) is 4.61. The predicted molar refractivity (Wildman–Crippen MR) is 67.0 cm³/mol. The lowest BCUT2D eigenvalue weighted by atomic mass is 10.0. The van der Waals surface area contributed by atoms with Gasteiger partial charge in [0, 0.05) is 6.04 Å². The van der Waals surface area contributed by atoms with Crippen molar-refractivity contribution in [2.75, 3.05) is 11.9 Å². The van der Waals surface area contributed by atoms with Gasteiger partial charge in [0.2, 0.25) is 0 Å². The number of aromatic nitrogens is 1. The summed E-state index contributed by atoms with van der Waals surface area (Å²) in [5.41, 5.74) is 0.0576. The minimum Gasteiger partial charge on any atom is -0.481 e. The SMILES string of the molecule is CCOC(=O)c1coc(NC(CC(=O)O)C(C)C)n1. The van der Waals surface area contributed by atoms with Crippen LogP contribution in [0.4, 0.5) is 6.01 Å². The summed E-state index contributed by atoms with van der Waals surface area (Å²) < 4.78 is 9.85. The third-order valence-corrected chi connectivity index (χ3v) is 2.50. The smallest absolute Gasteiger partial charge is 0.360 e. The van der Waals surface area contributed by atoms with E-state index >= 15 is 0 Å². The Morgan fingerprint density at radius 1 is 1.53 bits per heavy atom. The molecule has 1 aromatic rings. The number of esters is 1. The molecular weight excluding hydrogens is 252 g/mol. The van der Waals surface area contributed by atoms with Gasteiger partial charge in [0.1, 0.15) is 6.26 Å². The molecule has 0 spiro atoms. The van der Waals surface area contributed by atoms with E-state index in [2.05, 4.69) is 10.3 Å². The quantitative estimate of drug-likeness (QED) is 0.728. The molecule has 1 atom stereocenters. The van der Waals surface area contributed by atoms with Gasteiger partial charge in [0.15, 0.2) is 5.69 Å². The van der Waals surface area contributed by atoms with E-state index in [1.807, 2.05) is 13.8 Å². The van der Waals surface area contributed by atoms with Gasteiger partial charge in [-0.2, -0.15) is 4.98 Å². The molecule has 19 heavy (non-hydrogen) atoms. The van der Waals surface area contributed by atoms with Gasteiger partial charge in [0.25, 0.3) is 6.01 Å². The molecule has 7 heteroatoms. The zero-order chi connectivity index (χ0) is 14.4. The zero-order valence-electron chi connectivity index (χ0n) is 11.2. The average Bonchev–Trinajstić information content (AvgIpc) is 2.76. The fourth-order valence-electron chi connectivity index (χ4n) is 1.44. The van der Waals surface area contributed by atoms with Crippen LogP contribution < -0.4 is 5.32 Å².